The highest BCUT2D eigenvalue weighted by molar-refractivity contribution is 7.12. The summed E-state index contributed by atoms with van der Waals surface area (Å²) in [7, 11) is 0. The molecular weight excluding hydrogens is 134 g/mol. The Bertz CT molecular complexity index is 253. The smallest absolute Gasteiger partial charge is 0.261 e. The highest BCUT2D eigenvalue weighted by Crippen LogP contribution is 2.20. The van der Waals surface area contributed by atoms with Gasteiger partial charge in [0.15, 0.2) is 0 Å². The largest absolute Gasteiger partial charge is 0.347 e. The van der Waals surface area contributed by atoms with E-state index in [1.807, 2.05) is 11.4 Å². The Balaban J connectivity index is 2.61. The minimum absolute atomic E-state index is 0.0833. The van der Waals surface area contributed by atoms with E-state index in [2.05, 4.69) is 5.32 Å². The lowest BCUT2D eigenvalue weighted by Gasteiger charge is -1.84. The van der Waals surface area contributed by atoms with Gasteiger partial charge in [-0.1, -0.05) is 0 Å². The summed E-state index contributed by atoms with van der Waals surface area (Å²) in [5.41, 5.74) is 1.14. The molecule has 0 atom stereocenters. The average molecular weight is 139 g/mol. The molecule has 0 spiro atoms. The fraction of sp³-hybridized carbons (Fsp3) is 0.167. The van der Waals surface area contributed by atoms with Crippen LogP contribution in [-0.4, -0.2) is 5.91 Å². The van der Waals surface area contributed by atoms with E-state index in [9.17, 15) is 4.79 Å². The monoisotopic (exact) mass is 139 g/mol. The molecule has 2 heterocycles. The number of carbonyl (C=O) groups excluding carboxylic acids is 1. The summed E-state index contributed by atoms with van der Waals surface area (Å²) in [4.78, 5) is 11.7. The fourth-order valence-corrected chi connectivity index (χ4v) is 1.77. The lowest BCUT2D eigenvalue weighted by atomic mass is 10.3. The number of thiophene rings is 1. The van der Waals surface area contributed by atoms with E-state index in [1.165, 1.54) is 11.3 Å². The molecule has 1 N–H and O–H groups in total. The quantitative estimate of drug-likeness (QED) is 0.570. The third-order valence-corrected chi connectivity index (χ3v) is 2.35. The van der Waals surface area contributed by atoms with Crippen LogP contribution in [0.15, 0.2) is 11.4 Å². The highest BCUT2D eigenvalue weighted by Gasteiger charge is 2.18. The van der Waals surface area contributed by atoms with Gasteiger partial charge in [-0.2, -0.15) is 0 Å². The summed E-state index contributed by atoms with van der Waals surface area (Å²) < 4.78 is 0. The first-order valence-corrected chi connectivity index (χ1v) is 3.60. The fourth-order valence-electron chi connectivity index (χ4n) is 0.930. The molecule has 0 aliphatic carbocycles. The van der Waals surface area contributed by atoms with E-state index in [4.69, 9.17) is 0 Å². The molecule has 46 valence electrons. The average Bonchev–Trinajstić information content (AvgIpc) is 2.35. The Hall–Kier alpha value is -0.830. The van der Waals surface area contributed by atoms with Gasteiger partial charge in [-0.25, -0.2) is 0 Å². The van der Waals surface area contributed by atoms with E-state index in [0.717, 1.165) is 17.0 Å². The molecule has 0 saturated carbocycles. The van der Waals surface area contributed by atoms with E-state index >= 15 is 0 Å². The normalized spacial score (nSPS) is 15.3. The maximum atomic E-state index is 10.8. The van der Waals surface area contributed by atoms with Gasteiger partial charge in [-0.3, -0.25) is 4.79 Å². The van der Waals surface area contributed by atoms with Gasteiger partial charge in [0.2, 0.25) is 0 Å². The van der Waals surface area contributed by atoms with Gasteiger partial charge in [-0.15, -0.1) is 11.3 Å². The van der Waals surface area contributed by atoms with Crippen molar-refractivity contribution in [3.05, 3.63) is 21.9 Å². The zero-order valence-corrected chi connectivity index (χ0v) is 5.49. The van der Waals surface area contributed by atoms with Crippen molar-refractivity contribution in [1.82, 2.24) is 5.32 Å². The Morgan fingerprint density at radius 3 is 3.33 bits per heavy atom. The van der Waals surface area contributed by atoms with E-state index in [1.54, 1.807) is 0 Å². The van der Waals surface area contributed by atoms with Crippen LogP contribution in [0.1, 0.15) is 15.2 Å². The Kier molecular flexibility index (Phi) is 0.873. The van der Waals surface area contributed by atoms with Crippen molar-refractivity contribution in [2.24, 2.45) is 0 Å². The van der Waals surface area contributed by atoms with Gasteiger partial charge in [-0.05, 0) is 17.0 Å². The van der Waals surface area contributed by atoms with Crippen LogP contribution in [-0.2, 0) is 6.54 Å². The van der Waals surface area contributed by atoms with Crippen LogP contribution >= 0.6 is 11.3 Å². The van der Waals surface area contributed by atoms with Crippen LogP contribution in [0.5, 0.6) is 0 Å². The summed E-state index contributed by atoms with van der Waals surface area (Å²) in [6.45, 7) is 0.720. The van der Waals surface area contributed by atoms with Crippen LogP contribution < -0.4 is 5.32 Å². The Morgan fingerprint density at radius 2 is 2.56 bits per heavy atom. The van der Waals surface area contributed by atoms with Crippen molar-refractivity contribution in [2.45, 2.75) is 6.54 Å². The van der Waals surface area contributed by atoms with E-state index in [-0.39, 0.29) is 5.91 Å². The summed E-state index contributed by atoms with van der Waals surface area (Å²) in [5.74, 6) is 0.0833. The molecule has 0 saturated heterocycles. The van der Waals surface area contributed by atoms with Crippen molar-refractivity contribution >= 4 is 17.2 Å². The number of nitrogens with one attached hydrogen (secondary N) is 1. The predicted octanol–water partition coefficient (Wildman–Crippen LogP) is 0.992. The maximum absolute atomic E-state index is 10.8. The second-order valence-corrected chi connectivity index (χ2v) is 2.87. The molecular formula is C6H5NOS. The van der Waals surface area contributed by atoms with Crippen molar-refractivity contribution in [3.8, 4) is 0 Å². The van der Waals surface area contributed by atoms with Crippen LogP contribution in [0.3, 0.4) is 0 Å². The lowest BCUT2D eigenvalue weighted by Crippen LogP contribution is -2.11. The van der Waals surface area contributed by atoms with Gasteiger partial charge in [0.1, 0.15) is 0 Å². The zero-order chi connectivity index (χ0) is 6.27. The molecule has 2 nitrogen and oxygen atoms in total. The Labute approximate surface area is 56.5 Å². The van der Waals surface area contributed by atoms with Crippen LogP contribution in [0.25, 0.3) is 0 Å². The van der Waals surface area contributed by atoms with E-state index < -0.39 is 0 Å². The highest BCUT2D eigenvalue weighted by atomic mass is 32.1. The summed E-state index contributed by atoms with van der Waals surface area (Å²) in [6.07, 6.45) is 0. The molecule has 0 aromatic carbocycles. The van der Waals surface area contributed by atoms with Crippen molar-refractivity contribution in [3.63, 3.8) is 0 Å². The summed E-state index contributed by atoms with van der Waals surface area (Å²) in [5, 5.41) is 4.68. The topological polar surface area (TPSA) is 29.1 Å². The first-order valence-electron chi connectivity index (χ1n) is 2.72. The minimum Gasteiger partial charge on any atom is -0.347 e. The van der Waals surface area contributed by atoms with Crippen molar-refractivity contribution < 1.29 is 4.79 Å². The minimum atomic E-state index is 0.0833. The third kappa shape index (κ3) is 0.580. The van der Waals surface area contributed by atoms with Gasteiger partial charge in [0.05, 0.1) is 4.88 Å². The maximum Gasteiger partial charge on any atom is 0.261 e. The van der Waals surface area contributed by atoms with Gasteiger partial charge in [0, 0.05) is 6.54 Å². The standard InChI is InChI=1S/C6H5NOS/c8-6-5-4(3-7-6)1-2-9-5/h1-2H,3H2,(H,7,8). The number of carbonyl (C=O) groups is 1. The second kappa shape index (κ2) is 1.57. The first-order chi connectivity index (χ1) is 4.38. The van der Waals surface area contributed by atoms with Gasteiger partial charge < -0.3 is 5.32 Å². The molecule has 9 heavy (non-hydrogen) atoms. The first kappa shape index (κ1) is 4.99. The molecule has 3 heteroatoms. The van der Waals surface area contributed by atoms with Crippen LogP contribution in [0.4, 0.5) is 0 Å². The molecule has 1 aliphatic heterocycles. The third-order valence-electron chi connectivity index (χ3n) is 1.39. The molecule has 1 aliphatic rings. The summed E-state index contributed by atoms with van der Waals surface area (Å²) >= 11 is 1.51. The lowest BCUT2D eigenvalue weighted by molar-refractivity contribution is 0.0969. The molecule has 0 unspecified atom stereocenters. The zero-order valence-electron chi connectivity index (χ0n) is 4.68. The van der Waals surface area contributed by atoms with Crippen molar-refractivity contribution in [1.29, 1.82) is 0 Å². The second-order valence-electron chi connectivity index (χ2n) is 1.96. The van der Waals surface area contributed by atoms with Crippen LogP contribution in [0, 0.1) is 0 Å². The number of rotatable bonds is 0. The predicted molar refractivity (Wildman–Crippen MR) is 35.5 cm³/mol. The number of hydrogen-bond acceptors (Lipinski definition) is 2. The summed E-state index contributed by atoms with van der Waals surface area (Å²) in [6, 6.07) is 1.98. The SMILES string of the molecule is O=C1NCc2ccsc21. The van der Waals surface area contributed by atoms with Crippen LogP contribution in [0.2, 0.25) is 0 Å². The molecule has 1 aromatic heterocycles. The molecule has 1 aromatic rings. The molecule has 1 amide bonds. The Morgan fingerprint density at radius 1 is 1.67 bits per heavy atom. The van der Waals surface area contributed by atoms with Crippen molar-refractivity contribution in [2.75, 3.05) is 0 Å². The molecule has 0 radical (unpaired) electrons. The molecule has 2 rings (SSSR count). The van der Waals surface area contributed by atoms with Gasteiger partial charge in [0.25, 0.3) is 5.91 Å². The van der Waals surface area contributed by atoms with Gasteiger partial charge >= 0.3 is 0 Å². The van der Waals surface area contributed by atoms with E-state index in [0.29, 0.717) is 0 Å². The molecule has 0 bridgehead atoms. The number of hydrogen-bond donors (Lipinski definition) is 1. The number of fused-ring (bicyclic) bond motifs is 1. The molecule has 0 fully saturated rings. The number of amides is 1.